The first-order valence-electron chi connectivity index (χ1n) is 10.3. The molecule has 0 aliphatic heterocycles. The molecule has 0 heterocycles. The molecule has 0 radical (unpaired) electrons. The molecule has 2 aliphatic rings. The van der Waals surface area contributed by atoms with Crippen LogP contribution in [-0.2, 0) is 14.4 Å². The van der Waals surface area contributed by atoms with Crippen LogP contribution in [0.15, 0.2) is 0 Å². The molecule has 6 nitrogen and oxygen atoms in total. The Labute approximate surface area is 156 Å². The first-order chi connectivity index (χ1) is 12.5. The second kappa shape index (κ2) is 10.5. The van der Waals surface area contributed by atoms with Crippen molar-refractivity contribution < 1.29 is 19.5 Å². The van der Waals surface area contributed by atoms with Gasteiger partial charge in [-0.1, -0.05) is 44.9 Å². The topological polar surface area (TPSA) is 95.5 Å². The summed E-state index contributed by atoms with van der Waals surface area (Å²) in [7, 11) is 0. The molecule has 0 aromatic carbocycles. The number of nitrogens with one attached hydrogen (secondary N) is 2. The van der Waals surface area contributed by atoms with Crippen molar-refractivity contribution in [2.45, 2.75) is 96.1 Å². The van der Waals surface area contributed by atoms with Crippen LogP contribution in [0.4, 0.5) is 0 Å². The van der Waals surface area contributed by atoms with Crippen molar-refractivity contribution in [3.8, 4) is 0 Å². The fourth-order valence-corrected chi connectivity index (χ4v) is 4.28. The number of rotatable bonds is 9. The van der Waals surface area contributed by atoms with Crippen LogP contribution < -0.4 is 10.6 Å². The maximum atomic E-state index is 12.5. The van der Waals surface area contributed by atoms with Gasteiger partial charge in [-0.25, -0.2) is 0 Å². The molecule has 0 bridgehead atoms. The molecule has 0 saturated heterocycles. The lowest BCUT2D eigenvalue weighted by molar-refractivity contribution is -0.137. The Morgan fingerprint density at radius 3 is 2.19 bits per heavy atom. The second-order valence-corrected chi connectivity index (χ2v) is 8.09. The SMILES string of the molecule is CC(NC(=O)C1CCCC1)C(=O)NC(CCC(=O)O)CC1CCCCC1. The van der Waals surface area contributed by atoms with Crippen molar-refractivity contribution in [3.05, 3.63) is 0 Å². The van der Waals surface area contributed by atoms with Crippen molar-refractivity contribution in [2.24, 2.45) is 11.8 Å². The molecule has 26 heavy (non-hydrogen) atoms. The summed E-state index contributed by atoms with van der Waals surface area (Å²) in [5, 5.41) is 14.8. The lowest BCUT2D eigenvalue weighted by Crippen LogP contribution is -2.49. The summed E-state index contributed by atoms with van der Waals surface area (Å²) in [4.78, 5) is 35.7. The van der Waals surface area contributed by atoms with Crippen molar-refractivity contribution in [1.29, 1.82) is 0 Å². The third-order valence-electron chi connectivity index (χ3n) is 5.87. The van der Waals surface area contributed by atoms with Crippen molar-refractivity contribution in [1.82, 2.24) is 10.6 Å². The number of carbonyl (C=O) groups is 3. The Balaban J connectivity index is 1.83. The summed E-state index contributed by atoms with van der Waals surface area (Å²) in [6.45, 7) is 1.71. The van der Waals surface area contributed by atoms with Crippen LogP contribution in [0.25, 0.3) is 0 Å². The predicted octanol–water partition coefficient (Wildman–Crippen LogP) is 3.00. The number of carboxylic acids is 1. The highest BCUT2D eigenvalue weighted by Crippen LogP contribution is 2.28. The summed E-state index contributed by atoms with van der Waals surface area (Å²) in [5.41, 5.74) is 0. The van der Waals surface area contributed by atoms with Crippen LogP contribution in [0, 0.1) is 11.8 Å². The van der Waals surface area contributed by atoms with E-state index in [1.807, 2.05) is 0 Å². The second-order valence-electron chi connectivity index (χ2n) is 8.09. The number of carboxylic acid groups (broad SMARTS) is 1. The van der Waals surface area contributed by atoms with E-state index in [1.165, 1.54) is 19.3 Å². The molecule has 3 N–H and O–H groups in total. The van der Waals surface area contributed by atoms with Crippen molar-refractivity contribution in [2.75, 3.05) is 0 Å². The van der Waals surface area contributed by atoms with E-state index in [1.54, 1.807) is 6.92 Å². The zero-order chi connectivity index (χ0) is 18.9. The molecule has 2 amide bonds. The van der Waals surface area contributed by atoms with E-state index in [4.69, 9.17) is 5.11 Å². The number of amides is 2. The predicted molar refractivity (Wildman–Crippen MR) is 99.6 cm³/mol. The molecule has 0 spiro atoms. The number of hydrogen-bond donors (Lipinski definition) is 3. The fourth-order valence-electron chi connectivity index (χ4n) is 4.28. The average Bonchev–Trinajstić information content (AvgIpc) is 3.15. The van der Waals surface area contributed by atoms with Crippen LogP contribution in [0.5, 0.6) is 0 Å². The normalized spacial score (nSPS) is 21.1. The highest BCUT2D eigenvalue weighted by molar-refractivity contribution is 5.88. The molecule has 2 aliphatic carbocycles. The molecular weight excluding hydrogens is 332 g/mol. The third kappa shape index (κ3) is 6.96. The Kier molecular flexibility index (Phi) is 8.39. The van der Waals surface area contributed by atoms with Gasteiger partial charge in [0.15, 0.2) is 0 Å². The van der Waals surface area contributed by atoms with E-state index < -0.39 is 12.0 Å². The average molecular weight is 367 g/mol. The molecule has 2 rings (SSSR count). The van der Waals surface area contributed by atoms with Gasteiger partial charge in [-0.2, -0.15) is 0 Å². The lowest BCUT2D eigenvalue weighted by atomic mass is 9.84. The maximum absolute atomic E-state index is 12.5. The summed E-state index contributed by atoms with van der Waals surface area (Å²) in [6, 6.07) is -0.714. The third-order valence-corrected chi connectivity index (χ3v) is 5.87. The Bertz CT molecular complexity index is 482. The van der Waals surface area contributed by atoms with Crippen LogP contribution in [0.2, 0.25) is 0 Å². The smallest absolute Gasteiger partial charge is 0.303 e. The standard InChI is InChI=1S/C20H34N2O4/c1-14(21-20(26)16-9-5-6-10-16)19(25)22-17(11-12-18(23)24)13-15-7-3-2-4-8-15/h14-17H,2-13H2,1H3,(H,21,26)(H,22,25)(H,23,24). The van der Waals surface area contributed by atoms with Crippen LogP contribution >= 0.6 is 0 Å². The van der Waals surface area contributed by atoms with E-state index in [0.717, 1.165) is 44.9 Å². The number of aliphatic carboxylic acids is 1. The molecule has 6 heteroatoms. The Morgan fingerprint density at radius 1 is 0.962 bits per heavy atom. The largest absolute Gasteiger partial charge is 0.481 e. The van der Waals surface area contributed by atoms with Gasteiger partial charge in [0.1, 0.15) is 6.04 Å². The summed E-state index contributed by atoms with van der Waals surface area (Å²) in [6.07, 6.45) is 11.3. The van der Waals surface area contributed by atoms with E-state index in [0.29, 0.717) is 12.3 Å². The highest BCUT2D eigenvalue weighted by Gasteiger charge is 2.27. The van der Waals surface area contributed by atoms with E-state index in [-0.39, 0.29) is 30.2 Å². The number of hydrogen-bond acceptors (Lipinski definition) is 3. The maximum Gasteiger partial charge on any atom is 0.303 e. The minimum atomic E-state index is -0.838. The van der Waals surface area contributed by atoms with Crippen molar-refractivity contribution >= 4 is 17.8 Å². The molecule has 148 valence electrons. The first kappa shape index (κ1) is 20.7. The van der Waals surface area contributed by atoms with E-state index in [2.05, 4.69) is 10.6 Å². The van der Waals surface area contributed by atoms with E-state index >= 15 is 0 Å². The van der Waals surface area contributed by atoms with Gasteiger partial charge in [0, 0.05) is 18.4 Å². The van der Waals surface area contributed by atoms with Crippen LogP contribution in [0.1, 0.15) is 84.0 Å². The van der Waals surface area contributed by atoms with Crippen molar-refractivity contribution in [3.63, 3.8) is 0 Å². The van der Waals surface area contributed by atoms with Gasteiger partial charge in [-0.3, -0.25) is 14.4 Å². The molecule has 2 saturated carbocycles. The lowest BCUT2D eigenvalue weighted by Gasteiger charge is -2.28. The van der Waals surface area contributed by atoms with Gasteiger partial charge in [-0.15, -0.1) is 0 Å². The van der Waals surface area contributed by atoms with Gasteiger partial charge >= 0.3 is 5.97 Å². The molecule has 0 aromatic heterocycles. The fraction of sp³-hybridized carbons (Fsp3) is 0.850. The van der Waals surface area contributed by atoms with Gasteiger partial charge in [0.25, 0.3) is 0 Å². The minimum absolute atomic E-state index is 0.0282. The summed E-state index contributed by atoms with van der Waals surface area (Å²) in [5.74, 6) is -0.473. The highest BCUT2D eigenvalue weighted by atomic mass is 16.4. The Hall–Kier alpha value is -1.59. The number of carbonyl (C=O) groups excluding carboxylic acids is 2. The van der Waals surface area contributed by atoms with E-state index in [9.17, 15) is 14.4 Å². The van der Waals surface area contributed by atoms with Crippen LogP contribution in [0.3, 0.4) is 0 Å². The first-order valence-corrected chi connectivity index (χ1v) is 10.3. The van der Waals surface area contributed by atoms with Gasteiger partial charge in [-0.05, 0) is 38.5 Å². The van der Waals surface area contributed by atoms with Gasteiger partial charge < -0.3 is 15.7 Å². The summed E-state index contributed by atoms with van der Waals surface area (Å²) >= 11 is 0. The molecule has 2 atom stereocenters. The molecule has 2 unspecified atom stereocenters. The quantitative estimate of drug-likeness (QED) is 0.584. The van der Waals surface area contributed by atoms with Gasteiger partial charge in [0.05, 0.1) is 0 Å². The van der Waals surface area contributed by atoms with Crippen LogP contribution in [-0.4, -0.2) is 35.0 Å². The van der Waals surface area contributed by atoms with Gasteiger partial charge in [0.2, 0.25) is 11.8 Å². The zero-order valence-corrected chi connectivity index (χ0v) is 16.0. The molecule has 0 aromatic rings. The monoisotopic (exact) mass is 366 g/mol. The Morgan fingerprint density at radius 2 is 1.58 bits per heavy atom. The summed E-state index contributed by atoms with van der Waals surface area (Å²) < 4.78 is 0. The molecule has 2 fully saturated rings. The molecular formula is C20H34N2O4. The minimum Gasteiger partial charge on any atom is -0.481 e. The zero-order valence-electron chi connectivity index (χ0n) is 16.0.